The summed E-state index contributed by atoms with van der Waals surface area (Å²) in [4.78, 5) is 0. The van der Waals surface area contributed by atoms with Crippen LogP contribution >= 0.6 is 12.0 Å². The molecular formula is C7H10OS. The lowest BCUT2D eigenvalue weighted by atomic mass is 10.0. The predicted molar refractivity (Wildman–Crippen MR) is 39.2 cm³/mol. The highest BCUT2D eigenvalue weighted by molar-refractivity contribution is 7.95. The normalized spacial score (nSPS) is 47.9. The van der Waals surface area contributed by atoms with Crippen molar-refractivity contribution in [2.45, 2.75) is 24.7 Å². The van der Waals surface area contributed by atoms with Crippen LogP contribution in [0.1, 0.15) is 13.3 Å². The van der Waals surface area contributed by atoms with E-state index in [0.29, 0.717) is 11.4 Å². The second kappa shape index (κ2) is 2.03. The van der Waals surface area contributed by atoms with Crippen LogP contribution in [0.3, 0.4) is 0 Å². The minimum Gasteiger partial charge on any atom is -0.307 e. The van der Waals surface area contributed by atoms with Crippen LogP contribution in [-0.2, 0) is 4.18 Å². The van der Waals surface area contributed by atoms with Crippen LogP contribution in [-0.4, -0.2) is 11.4 Å². The third-order valence-electron chi connectivity index (χ3n) is 2.08. The summed E-state index contributed by atoms with van der Waals surface area (Å²) < 4.78 is 5.42. The SMILES string of the molecule is C[C@@H]1SO[C@H]2C=CC[C@H]21. The molecule has 0 saturated carbocycles. The van der Waals surface area contributed by atoms with Crippen LogP contribution in [0.5, 0.6) is 0 Å². The number of fused-ring (bicyclic) bond motifs is 1. The van der Waals surface area contributed by atoms with E-state index in [0.717, 1.165) is 5.92 Å². The van der Waals surface area contributed by atoms with Gasteiger partial charge in [0, 0.05) is 11.2 Å². The Morgan fingerprint density at radius 1 is 1.67 bits per heavy atom. The highest BCUT2D eigenvalue weighted by Crippen LogP contribution is 2.40. The molecule has 0 radical (unpaired) electrons. The van der Waals surface area contributed by atoms with Crippen molar-refractivity contribution in [1.82, 2.24) is 0 Å². The lowest BCUT2D eigenvalue weighted by Gasteiger charge is -2.07. The van der Waals surface area contributed by atoms with Gasteiger partial charge in [0.05, 0.1) is 6.10 Å². The molecule has 2 aliphatic rings. The van der Waals surface area contributed by atoms with Crippen molar-refractivity contribution < 1.29 is 4.18 Å². The number of allylic oxidation sites excluding steroid dienone is 1. The fourth-order valence-electron chi connectivity index (χ4n) is 1.43. The minimum absolute atomic E-state index is 0.435. The second-order valence-electron chi connectivity index (χ2n) is 2.69. The van der Waals surface area contributed by atoms with E-state index in [1.54, 1.807) is 12.0 Å². The molecule has 0 aromatic carbocycles. The van der Waals surface area contributed by atoms with Crippen LogP contribution in [0, 0.1) is 5.92 Å². The molecule has 0 bridgehead atoms. The smallest absolute Gasteiger partial charge is 0.0945 e. The zero-order valence-electron chi connectivity index (χ0n) is 5.41. The summed E-state index contributed by atoms with van der Waals surface area (Å²) in [5.74, 6) is 0.773. The van der Waals surface area contributed by atoms with Gasteiger partial charge >= 0.3 is 0 Å². The first-order valence-corrected chi connectivity index (χ1v) is 4.17. The summed E-state index contributed by atoms with van der Waals surface area (Å²) >= 11 is 1.64. The van der Waals surface area contributed by atoms with E-state index in [1.165, 1.54) is 6.42 Å². The molecule has 1 heterocycles. The van der Waals surface area contributed by atoms with Crippen molar-refractivity contribution in [3.05, 3.63) is 12.2 Å². The van der Waals surface area contributed by atoms with Gasteiger partial charge in [-0.25, -0.2) is 0 Å². The molecule has 1 aliphatic carbocycles. The van der Waals surface area contributed by atoms with Crippen molar-refractivity contribution in [3.8, 4) is 0 Å². The van der Waals surface area contributed by atoms with Gasteiger partial charge in [-0.15, -0.1) is 0 Å². The molecule has 0 spiro atoms. The van der Waals surface area contributed by atoms with Crippen molar-refractivity contribution in [1.29, 1.82) is 0 Å². The maximum absolute atomic E-state index is 5.42. The van der Waals surface area contributed by atoms with E-state index in [9.17, 15) is 0 Å². The molecule has 9 heavy (non-hydrogen) atoms. The maximum Gasteiger partial charge on any atom is 0.0945 e. The van der Waals surface area contributed by atoms with Gasteiger partial charge in [-0.2, -0.15) is 0 Å². The first-order chi connectivity index (χ1) is 4.38. The number of rotatable bonds is 0. The molecule has 2 heteroatoms. The van der Waals surface area contributed by atoms with Crippen molar-refractivity contribution in [3.63, 3.8) is 0 Å². The van der Waals surface area contributed by atoms with Gasteiger partial charge in [0.1, 0.15) is 0 Å². The zero-order chi connectivity index (χ0) is 6.27. The van der Waals surface area contributed by atoms with Gasteiger partial charge in [-0.3, -0.25) is 0 Å². The Morgan fingerprint density at radius 3 is 3.33 bits per heavy atom. The monoisotopic (exact) mass is 142 g/mol. The Morgan fingerprint density at radius 2 is 2.56 bits per heavy atom. The topological polar surface area (TPSA) is 9.23 Å². The van der Waals surface area contributed by atoms with E-state index in [1.807, 2.05) is 0 Å². The Kier molecular flexibility index (Phi) is 1.31. The molecule has 0 aromatic rings. The van der Waals surface area contributed by atoms with Gasteiger partial charge in [0.15, 0.2) is 0 Å². The van der Waals surface area contributed by atoms with Crippen molar-refractivity contribution in [2.75, 3.05) is 0 Å². The van der Waals surface area contributed by atoms with Gasteiger partial charge in [-0.05, 0) is 18.5 Å². The summed E-state index contributed by atoms with van der Waals surface area (Å²) in [5.41, 5.74) is 0. The quantitative estimate of drug-likeness (QED) is 0.378. The summed E-state index contributed by atoms with van der Waals surface area (Å²) in [6, 6.07) is 0. The first-order valence-electron chi connectivity index (χ1n) is 3.37. The fraction of sp³-hybridized carbons (Fsp3) is 0.714. The van der Waals surface area contributed by atoms with Gasteiger partial charge in [0.2, 0.25) is 0 Å². The standard InChI is InChI=1S/C7H10OS/c1-5-6-3-2-4-7(6)8-9-5/h2,4-7H,3H2,1H3/t5-,6-,7-/m0/s1. The Hall–Kier alpha value is 0.0500. The van der Waals surface area contributed by atoms with Crippen LogP contribution in [0.25, 0.3) is 0 Å². The van der Waals surface area contributed by atoms with E-state index in [4.69, 9.17) is 4.18 Å². The van der Waals surface area contributed by atoms with E-state index in [2.05, 4.69) is 19.1 Å². The molecule has 1 aliphatic heterocycles. The van der Waals surface area contributed by atoms with Crippen LogP contribution in [0.2, 0.25) is 0 Å². The van der Waals surface area contributed by atoms with E-state index < -0.39 is 0 Å². The summed E-state index contributed by atoms with van der Waals surface area (Å²) in [5, 5.41) is 0.699. The number of hydrogen-bond acceptors (Lipinski definition) is 2. The summed E-state index contributed by atoms with van der Waals surface area (Å²) in [6.45, 7) is 2.24. The highest BCUT2D eigenvalue weighted by atomic mass is 32.2. The van der Waals surface area contributed by atoms with E-state index in [-0.39, 0.29) is 0 Å². The van der Waals surface area contributed by atoms with Crippen LogP contribution in [0.15, 0.2) is 12.2 Å². The van der Waals surface area contributed by atoms with E-state index >= 15 is 0 Å². The molecule has 50 valence electrons. The average molecular weight is 142 g/mol. The number of hydrogen-bond donors (Lipinski definition) is 0. The first kappa shape index (κ1) is 5.81. The molecule has 0 N–H and O–H groups in total. The lowest BCUT2D eigenvalue weighted by Crippen LogP contribution is -2.14. The summed E-state index contributed by atoms with van der Waals surface area (Å²) in [6.07, 6.45) is 6.07. The zero-order valence-corrected chi connectivity index (χ0v) is 6.23. The third kappa shape index (κ3) is 0.812. The summed E-state index contributed by atoms with van der Waals surface area (Å²) in [7, 11) is 0. The highest BCUT2D eigenvalue weighted by Gasteiger charge is 2.35. The molecule has 0 aromatic heterocycles. The fourth-order valence-corrected chi connectivity index (χ4v) is 2.35. The molecule has 0 amide bonds. The Bertz CT molecular complexity index is 144. The average Bonchev–Trinajstić information content (AvgIpc) is 2.35. The molecule has 0 unspecified atom stereocenters. The van der Waals surface area contributed by atoms with Crippen LogP contribution in [0.4, 0.5) is 0 Å². The molecular weight excluding hydrogens is 132 g/mol. The van der Waals surface area contributed by atoms with Crippen LogP contribution < -0.4 is 0 Å². The largest absolute Gasteiger partial charge is 0.307 e. The molecule has 1 saturated heterocycles. The Balaban J connectivity index is 2.13. The van der Waals surface area contributed by atoms with Crippen molar-refractivity contribution >= 4 is 12.0 Å². The Labute approximate surface area is 59.7 Å². The predicted octanol–water partition coefficient (Wildman–Crippen LogP) is 2.00. The third-order valence-corrected chi connectivity index (χ3v) is 3.06. The molecule has 3 atom stereocenters. The second-order valence-corrected chi connectivity index (χ2v) is 3.82. The molecule has 1 fully saturated rings. The molecule has 2 rings (SSSR count). The van der Waals surface area contributed by atoms with Gasteiger partial charge in [-0.1, -0.05) is 19.1 Å². The van der Waals surface area contributed by atoms with Crippen molar-refractivity contribution in [2.24, 2.45) is 5.92 Å². The molecule has 1 nitrogen and oxygen atoms in total. The minimum atomic E-state index is 0.435. The lowest BCUT2D eigenvalue weighted by molar-refractivity contribution is 0.264. The van der Waals surface area contributed by atoms with Gasteiger partial charge in [0.25, 0.3) is 0 Å². The maximum atomic E-state index is 5.42. The van der Waals surface area contributed by atoms with Gasteiger partial charge < -0.3 is 4.18 Å².